The van der Waals surface area contributed by atoms with Crippen LogP contribution in [-0.2, 0) is 10.0 Å². The van der Waals surface area contributed by atoms with Gasteiger partial charge in [-0.25, -0.2) is 21.6 Å². The van der Waals surface area contributed by atoms with Gasteiger partial charge in [0.05, 0.1) is 10.6 Å². The zero-order valence-electron chi connectivity index (χ0n) is 16.0. The van der Waals surface area contributed by atoms with Crippen LogP contribution in [0.5, 0.6) is 0 Å². The third-order valence-electron chi connectivity index (χ3n) is 4.33. The number of halogens is 3. The molecule has 0 unspecified atom stereocenters. The van der Waals surface area contributed by atoms with Gasteiger partial charge in [0.1, 0.15) is 5.82 Å². The second kappa shape index (κ2) is 8.19. The lowest BCUT2D eigenvalue weighted by molar-refractivity contribution is 0.102. The summed E-state index contributed by atoms with van der Waals surface area (Å²) in [6.45, 7) is 3.42. The van der Waals surface area contributed by atoms with E-state index in [1.54, 1.807) is 31.2 Å². The second-order valence-corrected chi connectivity index (χ2v) is 8.33. The minimum Gasteiger partial charge on any atom is -0.319 e. The highest BCUT2D eigenvalue weighted by molar-refractivity contribution is 7.92. The number of anilines is 2. The van der Waals surface area contributed by atoms with Gasteiger partial charge in [0.25, 0.3) is 15.9 Å². The number of amides is 1. The molecule has 1 amide bonds. The van der Waals surface area contributed by atoms with Gasteiger partial charge in [0.15, 0.2) is 11.6 Å². The lowest BCUT2D eigenvalue weighted by Crippen LogP contribution is -2.17. The summed E-state index contributed by atoms with van der Waals surface area (Å²) < 4.78 is 68.0. The van der Waals surface area contributed by atoms with Crippen molar-refractivity contribution in [2.45, 2.75) is 18.7 Å². The van der Waals surface area contributed by atoms with Gasteiger partial charge in [-0.2, -0.15) is 0 Å². The molecule has 3 aromatic rings. The molecule has 0 fully saturated rings. The summed E-state index contributed by atoms with van der Waals surface area (Å²) in [6.07, 6.45) is 0. The van der Waals surface area contributed by atoms with E-state index in [-0.39, 0.29) is 10.5 Å². The van der Waals surface area contributed by atoms with Gasteiger partial charge in [-0.15, -0.1) is 0 Å². The van der Waals surface area contributed by atoms with Gasteiger partial charge >= 0.3 is 0 Å². The van der Waals surface area contributed by atoms with E-state index in [1.807, 2.05) is 6.92 Å². The molecule has 0 heterocycles. The fourth-order valence-corrected chi connectivity index (χ4v) is 3.74. The van der Waals surface area contributed by atoms with E-state index in [0.717, 1.165) is 11.6 Å². The maximum Gasteiger partial charge on any atom is 0.261 e. The van der Waals surface area contributed by atoms with Crippen LogP contribution in [0.25, 0.3) is 0 Å². The van der Waals surface area contributed by atoms with Crippen LogP contribution in [0, 0.1) is 31.3 Å². The van der Waals surface area contributed by atoms with Crippen molar-refractivity contribution in [3.8, 4) is 0 Å². The maximum absolute atomic E-state index is 13.8. The van der Waals surface area contributed by atoms with Crippen molar-refractivity contribution in [2.24, 2.45) is 0 Å². The maximum atomic E-state index is 13.8. The molecule has 0 saturated carbocycles. The molecule has 30 heavy (non-hydrogen) atoms. The number of sulfonamides is 1. The highest BCUT2D eigenvalue weighted by atomic mass is 32.2. The van der Waals surface area contributed by atoms with E-state index in [2.05, 4.69) is 10.0 Å². The van der Waals surface area contributed by atoms with E-state index in [4.69, 9.17) is 0 Å². The zero-order valence-corrected chi connectivity index (χ0v) is 16.8. The summed E-state index contributed by atoms with van der Waals surface area (Å²) in [6, 6.07) is 11.4. The summed E-state index contributed by atoms with van der Waals surface area (Å²) in [5.74, 6) is -4.76. The Morgan fingerprint density at radius 1 is 0.833 bits per heavy atom. The predicted octanol–water partition coefficient (Wildman–Crippen LogP) is 4.77. The summed E-state index contributed by atoms with van der Waals surface area (Å²) in [4.78, 5) is 12.4. The lowest BCUT2D eigenvalue weighted by Gasteiger charge is -2.12. The number of aryl methyl sites for hydroxylation is 2. The number of nitrogens with one attached hydrogen (secondary N) is 2. The molecular formula is C21H17F3N2O3S. The molecule has 3 rings (SSSR count). The first-order valence-corrected chi connectivity index (χ1v) is 10.2. The van der Waals surface area contributed by atoms with E-state index in [0.29, 0.717) is 23.4 Å². The largest absolute Gasteiger partial charge is 0.319 e. The Kier molecular flexibility index (Phi) is 5.84. The van der Waals surface area contributed by atoms with Crippen LogP contribution in [0.4, 0.5) is 24.5 Å². The fraction of sp³-hybridized carbons (Fsp3) is 0.0952. The quantitative estimate of drug-likeness (QED) is 0.568. The van der Waals surface area contributed by atoms with Gasteiger partial charge in [0, 0.05) is 23.4 Å². The molecule has 5 nitrogen and oxygen atoms in total. The number of benzene rings is 3. The Morgan fingerprint density at radius 2 is 1.47 bits per heavy atom. The lowest BCUT2D eigenvalue weighted by atomic mass is 10.1. The highest BCUT2D eigenvalue weighted by Gasteiger charge is 2.20. The summed E-state index contributed by atoms with van der Waals surface area (Å²) in [5, 5.41) is 2.13. The molecule has 9 heteroatoms. The van der Waals surface area contributed by atoms with Crippen LogP contribution in [0.2, 0.25) is 0 Å². The Bertz CT molecular complexity index is 1230. The van der Waals surface area contributed by atoms with Crippen molar-refractivity contribution in [2.75, 3.05) is 10.0 Å². The SMILES string of the molecule is Cc1ccc(NS(=O)(=O)c2ccc(C)c(C(=O)Nc3cc(F)c(F)cc3F)c2)cc1. The minimum absolute atomic E-state index is 0.0640. The van der Waals surface area contributed by atoms with Crippen molar-refractivity contribution < 1.29 is 26.4 Å². The van der Waals surface area contributed by atoms with Crippen molar-refractivity contribution >= 4 is 27.3 Å². The van der Waals surface area contributed by atoms with Gasteiger partial charge in [0.2, 0.25) is 0 Å². The molecule has 0 aliphatic heterocycles. The van der Waals surface area contributed by atoms with E-state index in [1.165, 1.54) is 12.1 Å². The second-order valence-electron chi connectivity index (χ2n) is 6.65. The molecular weight excluding hydrogens is 417 g/mol. The molecule has 0 spiro atoms. The Morgan fingerprint density at radius 3 is 2.13 bits per heavy atom. The summed E-state index contributed by atoms with van der Waals surface area (Å²) in [5.41, 5.74) is 1.08. The predicted molar refractivity (Wildman–Crippen MR) is 107 cm³/mol. The fourth-order valence-electron chi connectivity index (χ4n) is 2.66. The third-order valence-corrected chi connectivity index (χ3v) is 5.70. The van der Waals surface area contributed by atoms with Crippen LogP contribution in [0.15, 0.2) is 59.5 Å². The van der Waals surface area contributed by atoms with E-state index in [9.17, 15) is 26.4 Å². The van der Waals surface area contributed by atoms with Gasteiger partial charge in [-0.3, -0.25) is 9.52 Å². The molecule has 0 aromatic heterocycles. The topological polar surface area (TPSA) is 75.3 Å². The molecule has 0 aliphatic carbocycles. The number of carbonyl (C=O) groups excluding carboxylic acids is 1. The number of rotatable bonds is 5. The monoisotopic (exact) mass is 434 g/mol. The summed E-state index contributed by atoms with van der Waals surface area (Å²) >= 11 is 0. The molecule has 156 valence electrons. The first-order chi connectivity index (χ1) is 14.1. The first kappa shape index (κ1) is 21.4. The molecule has 0 saturated heterocycles. The molecule has 0 radical (unpaired) electrons. The zero-order chi connectivity index (χ0) is 22.1. The molecule has 0 aliphatic rings. The standard InChI is InChI=1S/C21H17F3N2O3S/c1-12-3-6-14(7-4-12)26-30(28,29)15-8-5-13(2)16(9-15)21(27)25-20-11-18(23)17(22)10-19(20)24/h3-11,26H,1-2H3,(H,25,27). The van der Waals surface area contributed by atoms with Crippen molar-refractivity contribution in [3.05, 3.63) is 88.7 Å². The smallest absolute Gasteiger partial charge is 0.261 e. The molecule has 2 N–H and O–H groups in total. The van der Waals surface area contributed by atoms with Crippen molar-refractivity contribution in [3.63, 3.8) is 0 Å². The van der Waals surface area contributed by atoms with Crippen molar-refractivity contribution in [1.82, 2.24) is 0 Å². The van der Waals surface area contributed by atoms with E-state index >= 15 is 0 Å². The van der Waals surface area contributed by atoms with E-state index < -0.39 is 39.1 Å². The average molecular weight is 434 g/mol. The first-order valence-electron chi connectivity index (χ1n) is 8.73. The van der Waals surface area contributed by atoms with Gasteiger partial charge < -0.3 is 5.32 Å². The number of hydrogen-bond donors (Lipinski definition) is 2. The van der Waals surface area contributed by atoms with Crippen LogP contribution in [-0.4, -0.2) is 14.3 Å². The van der Waals surface area contributed by atoms with Crippen LogP contribution < -0.4 is 10.0 Å². The molecule has 3 aromatic carbocycles. The van der Waals surface area contributed by atoms with Crippen LogP contribution >= 0.6 is 0 Å². The Hall–Kier alpha value is -3.33. The highest BCUT2D eigenvalue weighted by Crippen LogP contribution is 2.23. The van der Waals surface area contributed by atoms with Gasteiger partial charge in [-0.1, -0.05) is 23.8 Å². The summed E-state index contributed by atoms with van der Waals surface area (Å²) in [7, 11) is -4.01. The Balaban J connectivity index is 1.90. The Labute approximate surface area is 171 Å². The number of hydrogen-bond acceptors (Lipinski definition) is 3. The van der Waals surface area contributed by atoms with Crippen LogP contribution in [0.1, 0.15) is 21.5 Å². The van der Waals surface area contributed by atoms with Gasteiger partial charge in [-0.05, 0) is 43.7 Å². The average Bonchev–Trinajstić information content (AvgIpc) is 2.68. The van der Waals surface area contributed by atoms with Crippen molar-refractivity contribution in [1.29, 1.82) is 0 Å². The third kappa shape index (κ3) is 4.62. The molecule has 0 atom stereocenters. The normalized spacial score (nSPS) is 11.2. The minimum atomic E-state index is -4.01. The van der Waals surface area contributed by atoms with Crippen LogP contribution in [0.3, 0.4) is 0 Å². The number of carbonyl (C=O) groups is 1. The molecule has 0 bridgehead atoms.